The van der Waals surface area contributed by atoms with Gasteiger partial charge in [0.2, 0.25) is 0 Å². The zero-order chi connectivity index (χ0) is 19.4. The Hall–Kier alpha value is -3.35. The topological polar surface area (TPSA) is 62.5 Å². The van der Waals surface area contributed by atoms with Crippen molar-refractivity contribution < 1.29 is 13.9 Å². The second kappa shape index (κ2) is 7.90. The Morgan fingerprint density at radius 1 is 1.00 bits per heavy atom. The molecule has 0 unspecified atom stereocenters. The van der Waals surface area contributed by atoms with E-state index in [1.165, 1.54) is 40.8 Å². The van der Waals surface area contributed by atoms with Gasteiger partial charge in [0.25, 0.3) is 0 Å². The van der Waals surface area contributed by atoms with E-state index >= 15 is 0 Å². The van der Waals surface area contributed by atoms with Crippen LogP contribution in [0.5, 0.6) is 11.5 Å². The van der Waals surface area contributed by atoms with E-state index in [4.69, 9.17) is 9.47 Å². The summed E-state index contributed by atoms with van der Waals surface area (Å²) in [6.45, 7) is 2.51. The summed E-state index contributed by atoms with van der Waals surface area (Å²) in [5.74, 6) is 0.284. The molecule has 0 N–H and O–H groups in total. The summed E-state index contributed by atoms with van der Waals surface area (Å²) in [5, 5.41) is 0. The molecule has 0 aliphatic heterocycles. The molecule has 0 fully saturated rings. The molecule has 0 atom stereocenters. The van der Waals surface area contributed by atoms with E-state index in [9.17, 15) is 14.0 Å². The van der Waals surface area contributed by atoms with E-state index < -0.39 is 16.9 Å². The van der Waals surface area contributed by atoms with E-state index in [0.29, 0.717) is 23.6 Å². The zero-order valence-electron chi connectivity index (χ0n) is 15.0. The number of aromatic nitrogens is 2. The first-order valence-electron chi connectivity index (χ1n) is 8.41. The van der Waals surface area contributed by atoms with Crippen LogP contribution in [0.2, 0.25) is 0 Å². The first-order valence-corrected chi connectivity index (χ1v) is 8.41. The number of methoxy groups -OCH3 is 1. The van der Waals surface area contributed by atoms with Crippen molar-refractivity contribution in [3.63, 3.8) is 0 Å². The first-order chi connectivity index (χ1) is 13.0. The quantitative estimate of drug-likeness (QED) is 0.626. The van der Waals surface area contributed by atoms with Gasteiger partial charge in [0.05, 0.1) is 20.3 Å². The van der Waals surface area contributed by atoms with E-state index in [1.807, 2.05) is 6.92 Å². The normalized spacial score (nSPS) is 10.6. The molecule has 3 rings (SSSR count). The van der Waals surface area contributed by atoms with Gasteiger partial charge in [-0.05, 0) is 48.9 Å². The average Bonchev–Trinajstić information content (AvgIpc) is 2.67. The molecule has 0 aliphatic carbocycles. The Morgan fingerprint density at radius 3 is 2.37 bits per heavy atom. The van der Waals surface area contributed by atoms with E-state index in [-0.39, 0.29) is 12.3 Å². The fourth-order valence-corrected chi connectivity index (χ4v) is 2.71. The molecule has 0 bridgehead atoms. The monoisotopic (exact) mass is 370 g/mol. The number of hydrogen-bond donors (Lipinski definition) is 0. The van der Waals surface area contributed by atoms with Gasteiger partial charge >= 0.3 is 11.1 Å². The number of ether oxygens (including phenoxy) is 2. The molecule has 3 aromatic rings. The number of hydrogen-bond acceptors (Lipinski definition) is 4. The maximum atomic E-state index is 13.8. The Bertz CT molecular complexity index is 1050. The van der Waals surface area contributed by atoms with Crippen LogP contribution >= 0.6 is 0 Å². The smallest absolute Gasteiger partial charge is 0.320 e. The molecule has 0 spiro atoms. The van der Waals surface area contributed by atoms with E-state index in [2.05, 4.69) is 0 Å². The van der Waals surface area contributed by atoms with Crippen molar-refractivity contribution in [3.05, 3.63) is 86.9 Å². The summed E-state index contributed by atoms with van der Waals surface area (Å²) in [6.07, 6.45) is 3.02. The lowest BCUT2D eigenvalue weighted by Gasteiger charge is -2.11. The summed E-state index contributed by atoms with van der Waals surface area (Å²) in [7, 11) is 1.38. The van der Waals surface area contributed by atoms with Gasteiger partial charge in [0, 0.05) is 18.1 Å². The van der Waals surface area contributed by atoms with Crippen LogP contribution in [-0.4, -0.2) is 22.9 Å². The van der Waals surface area contributed by atoms with Gasteiger partial charge in [0.15, 0.2) is 11.6 Å². The van der Waals surface area contributed by atoms with Crippen molar-refractivity contribution in [2.45, 2.75) is 13.5 Å². The Labute approximate surface area is 155 Å². The lowest BCUT2D eigenvalue weighted by molar-refractivity contribution is 0.340. The largest absolute Gasteiger partial charge is 0.494 e. The summed E-state index contributed by atoms with van der Waals surface area (Å²) in [5.41, 5.74) is -0.268. The van der Waals surface area contributed by atoms with Crippen molar-refractivity contribution in [2.75, 3.05) is 13.7 Å². The molecule has 1 heterocycles. The molecule has 0 saturated carbocycles. The predicted molar refractivity (Wildman–Crippen MR) is 99.5 cm³/mol. The Balaban J connectivity index is 1.90. The van der Waals surface area contributed by atoms with E-state index in [0.717, 1.165) is 0 Å². The highest BCUT2D eigenvalue weighted by Gasteiger charge is 2.09. The molecule has 0 amide bonds. The highest BCUT2D eigenvalue weighted by molar-refractivity contribution is 5.37. The van der Waals surface area contributed by atoms with Crippen LogP contribution in [0.3, 0.4) is 0 Å². The molecule has 6 nitrogen and oxygen atoms in total. The summed E-state index contributed by atoms with van der Waals surface area (Å²) in [6, 6.07) is 11.3. The maximum Gasteiger partial charge on any atom is 0.320 e. The summed E-state index contributed by atoms with van der Waals surface area (Å²) < 4.78 is 26.6. The minimum Gasteiger partial charge on any atom is -0.494 e. The van der Waals surface area contributed by atoms with Gasteiger partial charge in [-0.25, -0.2) is 4.39 Å². The number of rotatable bonds is 6. The molecule has 0 saturated heterocycles. The van der Waals surface area contributed by atoms with Crippen LogP contribution < -0.4 is 20.6 Å². The third kappa shape index (κ3) is 3.92. The fourth-order valence-electron chi connectivity index (χ4n) is 2.71. The fraction of sp³-hybridized carbons (Fsp3) is 0.200. The lowest BCUT2D eigenvalue weighted by atomic mass is 10.2. The molecule has 0 aliphatic rings. The molecule has 1 aromatic heterocycles. The van der Waals surface area contributed by atoms with Crippen molar-refractivity contribution >= 4 is 0 Å². The second-order valence-electron chi connectivity index (χ2n) is 5.80. The minimum absolute atomic E-state index is 0.0824. The molecule has 0 radical (unpaired) electrons. The van der Waals surface area contributed by atoms with Crippen molar-refractivity contribution in [3.8, 4) is 17.2 Å². The van der Waals surface area contributed by atoms with Gasteiger partial charge in [0.1, 0.15) is 5.75 Å². The maximum absolute atomic E-state index is 13.8. The van der Waals surface area contributed by atoms with Crippen molar-refractivity contribution in [1.82, 2.24) is 9.13 Å². The van der Waals surface area contributed by atoms with Crippen molar-refractivity contribution in [2.24, 2.45) is 0 Å². The number of halogens is 1. The number of nitrogens with zero attached hydrogens (tertiary/aromatic N) is 2. The highest BCUT2D eigenvalue weighted by Crippen LogP contribution is 2.18. The van der Waals surface area contributed by atoms with Crippen LogP contribution in [-0.2, 0) is 6.54 Å². The van der Waals surface area contributed by atoms with Crippen LogP contribution in [0.1, 0.15) is 12.5 Å². The molecular weight excluding hydrogens is 351 g/mol. The van der Waals surface area contributed by atoms with Crippen LogP contribution in [0.15, 0.2) is 64.4 Å². The molecule has 140 valence electrons. The van der Waals surface area contributed by atoms with Gasteiger partial charge in [-0.3, -0.25) is 14.2 Å². The van der Waals surface area contributed by atoms with Gasteiger partial charge < -0.3 is 14.0 Å². The number of benzene rings is 2. The van der Waals surface area contributed by atoms with Gasteiger partial charge in [-0.15, -0.1) is 0 Å². The summed E-state index contributed by atoms with van der Waals surface area (Å²) in [4.78, 5) is 24.9. The highest BCUT2D eigenvalue weighted by atomic mass is 19.1. The van der Waals surface area contributed by atoms with Gasteiger partial charge in [-0.1, -0.05) is 6.07 Å². The predicted octanol–water partition coefficient (Wildman–Crippen LogP) is 2.59. The molecule has 2 aromatic carbocycles. The van der Waals surface area contributed by atoms with Gasteiger partial charge in [-0.2, -0.15) is 0 Å². The standard InChI is InChI=1S/C20H19FN2O4/c1-3-27-16-7-5-15(6-8-16)23-11-10-22(19(24)20(23)25)13-14-4-9-18(26-2)17(21)12-14/h4-12H,3,13H2,1-2H3. The summed E-state index contributed by atoms with van der Waals surface area (Å²) >= 11 is 0. The SMILES string of the molecule is CCOc1ccc(-n2ccn(Cc3ccc(OC)c(F)c3)c(=O)c2=O)cc1. The van der Waals surface area contributed by atoms with Crippen LogP contribution in [0.4, 0.5) is 4.39 Å². The Kier molecular flexibility index (Phi) is 5.40. The average molecular weight is 370 g/mol. The zero-order valence-corrected chi connectivity index (χ0v) is 15.0. The molecule has 27 heavy (non-hydrogen) atoms. The minimum atomic E-state index is -0.692. The molecular formula is C20H19FN2O4. The first kappa shape index (κ1) is 18.4. The Morgan fingerprint density at radius 2 is 1.74 bits per heavy atom. The molecule has 7 heteroatoms. The third-order valence-electron chi connectivity index (χ3n) is 4.05. The van der Waals surface area contributed by atoms with Crippen LogP contribution in [0.25, 0.3) is 5.69 Å². The third-order valence-corrected chi connectivity index (χ3v) is 4.05. The van der Waals surface area contributed by atoms with E-state index in [1.54, 1.807) is 30.3 Å². The lowest BCUT2D eigenvalue weighted by Crippen LogP contribution is -2.40. The second-order valence-corrected chi connectivity index (χ2v) is 5.80. The van der Waals surface area contributed by atoms with Crippen LogP contribution in [0, 0.1) is 5.82 Å². The van der Waals surface area contributed by atoms with Crippen molar-refractivity contribution in [1.29, 1.82) is 0 Å².